The van der Waals surface area contributed by atoms with Crippen molar-refractivity contribution < 1.29 is 20.5 Å². The second kappa shape index (κ2) is 3.22. The van der Waals surface area contributed by atoms with E-state index in [1.807, 2.05) is 0 Å². The van der Waals surface area contributed by atoms with E-state index in [0.717, 1.165) is 12.3 Å². The summed E-state index contributed by atoms with van der Waals surface area (Å²) in [7, 11) is 0. The average Bonchev–Trinajstić information content (AvgIpc) is 2.09. The minimum Gasteiger partial charge on any atom is -0.507 e. The van der Waals surface area contributed by atoms with Crippen LogP contribution >= 0.6 is 0 Å². The van der Waals surface area contributed by atoms with Crippen LogP contribution in [0.2, 0.25) is 0 Å². The molecule has 5 nitrogen and oxygen atoms in total. The fourth-order valence-corrected chi connectivity index (χ4v) is 0.945. The van der Waals surface area contributed by atoms with E-state index >= 15 is 0 Å². The van der Waals surface area contributed by atoms with Crippen LogP contribution in [0.3, 0.4) is 0 Å². The summed E-state index contributed by atoms with van der Waals surface area (Å²) in [6.45, 7) is 1.47. The smallest absolute Gasteiger partial charge is 0.134 e. The average molecular weight is 183 g/mol. The van der Waals surface area contributed by atoms with Crippen LogP contribution in [0.4, 0.5) is 0 Å². The number of phenolic OH excluding ortho intramolecular Hbond substituents is 3. The van der Waals surface area contributed by atoms with Gasteiger partial charge in [0.05, 0.1) is 11.8 Å². The Kier molecular flexibility index (Phi) is 2.27. The van der Waals surface area contributed by atoms with E-state index in [9.17, 15) is 10.2 Å². The van der Waals surface area contributed by atoms with Crippen LogP contribution in [0.15, 0.2) is 11.2 Å². The molecule has 13 heavy (non-hydrogen) atoms. The van der Waals surface area contributed by atoms with E-state index in [1.54, 1.807) is 0 Å². The second-order valence-corrected chi connectivity index (χ2v) is 2.55. The molecule has 0 saturated heterocycles. The van der Waals surface area contributed by atoms with Crippen LogP contribution in [0.25, 0.3) is 0 Å². The van der Waals surface area contributed by atoms with Crippen LogP contribution < -0.4 is 0 Å². The van der Waals surface area contributed by atoms with Gasteiger partial charge in [0.2, 0.25) is 0 Å². The highest BCUT2D eigenvalue weighted by Gasteiger charge is 2.12. The predicted octanol–water partition coefficient (Wildman–Crippen LogP) is 0.920. The van der Waals surface area contributed by atoms with Crippen LogP contribution in [0, 0.1) is 6.92 Å². The van der Waals surface area contributed by atoms with Crippen LogP contribution in [0.1, 0.15) is 11.1 Å². The molecule has 0 bridgehead atoms. The van der Waals surface area contributed by atoms with E-state index in [1.165, 1.54) is 6.92 Å². The van der Waals surface area contributed by atoms with Crippen molar-refractivity contribution in [3.63, 3.8) is 0 Å². The molecule has 0 atom stereocenters. The Morgan fingerprint density at radius 1 is 1.23 bits per heavy atom. The lowest BCUT2D eigenvalue weighted by Crippen LogP contribution is -1.87. The third-order valence-electron chi connectivity index (χ3n) is 1.73. The van der Waals surface area contributed by atoms with Crippen molar-refractivity contribution in [3.05, 3.63) is 17.2 Å². The standard InChI is InChI=1S/C8H9NO4/c1-4-6(10)2-7(11)5(3-9-13)8(4)12/h2-3,10-13H,1H3/b9-3+. The molecule has 0 aromatic heterocycles. The van der Waals surface area contributed by atoms with Gasteiger partial charge in [-0.05, 0) is 6.92 Å². The Bertz CT molecular complexity index is 360. The molecule has 0 spiro atoms. The van der Waals surface area contributed by atoms with Gasteiger partial charge in [-0.25, -0.2) is 0 Å². The van der Waals surface area contributed by atoms with E-state index in [2.05, 4.69) is 5.16 Å². The van der Waals surface area contributed by atoms with Gasteiger partial charge >= 0.3 is 0 Å². The Morgan fingerprint density at radius 2 is 1.85 bits per heavy atom. The number of aromatic hydroxyl groups is 3. The van der Waals surface area contributed by atoms with Crippen LogP contribution in [0.5, 0.6) is 17.2 Å². The van der Waals surface area contributed by atoms with Gasteiger partial charge in [0.1, 0.15) is 17.2 Å². The number of hydrogen-bond donors (Lipinski definition) is 4. The first kappa shape index (κ1) is 9.18. The summed E-state index contributed by atoms with van der Waals surface area (Å²) in [6.07, 6.45) is 0.886. The highest BCUT2D eigenvalue weighted by Crippen LogP contribution is 2.35. The lowest BCUT2D eigenvalue weighted by Gasteiger charge is -2.06. The number of phenols is 3. The highest BCUT2D eigenvalue weighted by molar-refractivity contribution is 5.88. The molecule has 1 aromatic rings. The van der Waals surface area contributed by atoms with E-state index in [0.29, 0.717) is 0 Å². The summed E-state index contributed by atoms with van der Waals surface area (Å²) in [5, 5.41) is 38.6. The monoisotopic (exact) mass is 183 g/mol. The summed E-state index contributed by atoms with van der Waals surface area (Å²) in [5.41, 5.74) is 0.186. The molecule has 0 aliphatic heterocycles. The Balaban J connectivity index is 3.43. The molecule has 0 radical (unpaired) electrons. The van der Waals surface area contributed by atoms with Crippen molar-refractivity contribution in [2.45, 2.75) is 6.92 Å². The van der Waals surface area contributed by atoms with Crippen LogP contribution in [-0.2, 0) is 0 Å². The maximum absolute atomic E-state index is 9.37. The molecule has 0 amide bonds. The third-order valence-corrected chi connectivity index (χ3v) is 1.73. The van der Waals surface area contributed by atoms with Gasteiger partial charge in [0.15, 0.2) is 0 Å². The minimum absolute atomic E-state index is 0.0298. The van der Waals surface area contributed by atoms with E-state index in [-0.39, 0.29) is 28.4 Å². The number of nitrogens with zero attached hydrogens (tertiary/aromatic N) is 1. The Labute approximate surface area is 74.2 Å². The maximum atomic E-state index is 9.37. The number of benzene rings is 1. The van der Waals surface area contributed by atoms with Crippen molar-refractivity contribution in [2.24, 2.45) is 5.16 Å². The summed E-state index contributed by atoms with van der Waals surface area (Å²) in [4.78, 5) is 0. The summed E-state index contributed by atoms with van der Waals surface area (Å²) in [5.74, 6) is -0.876. The fourth-order valence-electron chi connectivity index (χ4n) is 0.945. The van der Waals surface area contributed by atoms with Crippen molar-refractivity contribution in [2.75, 3.05) is 0 Å². The first-order chi connectivity index (χ1) is 6.07. The fraction of sp³-hybridized carbons (Fsp3) is 0.125. The molecule has 0 saturated carbocycles. The van der Waals surface area contributed by atoms with Crippen molar-refractivity contribution >= 4 is 6.21 Å². The first-order valence-corrected chi connectivity index (χ1v) is 3.50. The molecule has 4 N–H and O–H groups in total. The van der Waals surface area contributed by atoms with E-state index in [4.69, 9.17) is 10.3 Å². The highest BCUT2D eigenvalue weighted by atomic mass is 16.4. The van der Waals surface area contributed by atoms with Gasteiger partial charge in [0.25, 0.3) is 0 Å². The predicted molar refractivity (Wildman–Crippen MR) is 45.6 cm³/mol. The van der Waals surface area contributed by atoms with Gasteiger partial charge in [-0.1, -0.05) is 5.16 Å². The second-order valence-electron chi connectivity index (χ2n) is 2.55. The molecule has 5 heteroatoms. The summed E-state index contributed by atoms with van der Waals surface area (Å²) in [6, 6.07) is 1.06. The molecular formula is C8H9NO4. The van der Waals surface area contributed by atoms with Gasteiger partial charge in [0, 0.05) is 11.6 Å². The zero-order chi connectivity index (χ0) is 10.0. The number of hydrogen-bond acceptors (Lipinski definition) is 5. The number of oxime groups is 1. The van der Waals surface area contributed by atoms with Crippen LogP contribution in [-0.4, -0.2) is 26.7 Å². The molecule has 0 heterocycles. The normalized spacial score (nSPS) is 10.8. The van der Waals surface area contributed by atoms with Gasteiger partial charge in [-0.15, -0.1) is 0 Å². The van der Waals surface area contributed by atoms with E-state index < -0.39 is 0 Å². The Morgan fingerprint density at radius 3 is 2.38 bits per heavy atom. The molecule has 1 rings (SSSR count). The largest absolute Gasteiger partial charge is 0.507 e. The lowest BCUT2D eigenvalue weighted by molar-refractivity contribution is 0.321. The first-order valence-electron chi connectivity index (χ1n) is 3.50. The van der Waals surface area contributed by atoms with Crippen molar-refractivity contribution in [1.29, 1.82) is 0 Å². The van der Waals surface area contributed by atoms with Gasteiger partial charge < -0.3 is 20.5 Å². The maximum Gasteiger partial charge on any atom is 0.134 e. The van der Waals surface area contributed by atoms with Gasteiger partial charge in [-0.3, -0.25) is 0 Å². The molecule has 0 aliphatic rings. The van der Waals surface area contributed by atoms with Crippen molar-refractivity contribution in [3.8, 4) is 17.2 Å². The zero-order valence-corrected chi connectivity index (χ0v) is 6.89. The molecule has 0 aliphatic carbocycles. The topological polar surface area (TPSA) is 93.3 Å². The number of rotatable bonds is 1. The van der Waals surface area contributed by atoms with Crippen molar-refractivity contribution in [1.82, 2.24) is 0 Å². The molecule has 0 unspecified atom stereocenters. The summed E-state index contributed by atoms with van der Waals surface area (Å²) < 4.78 is 0. The minimum atomic E-state index is -0.349. The molecule has 1 aromatic carbocycles. The third kappa shape index (κ3) is 1.48. The quantitative estimate of drug-likeness (QED) is 0.296. The SMILES string of the molecule is Cc1c(O)cc(O)c(/C=N/O)c1O. The molecule has 0 fully saturated rings. The lowest BCUT2D eigenvalue weighted by atomic mass is 10.1. The van der Waals surface area contributed by atoms with Gasteiger partial charge in [-0.2, -0.15) is 0 Å². The summed E-state index contributed by atoms with van der Waals surface area (Å²) >= 11 is 0. The molecular weight excluding hydrogens is 174 g/mol. The molecule has 70 valence electrons. The zero-order valence-electron chi connectivity index (χ0n) is 6.89. The Hall–Kier alpha value is -1.91.